The Morgan fingerprint density at radius 3 is 1.31 bits per heavy atom. The number of carbonyl (C=O) groups is 3. The fraction of sp³-hybridized carbons (Fsp3) is 0.357. The molecule has 0 heterocycles. The SMILES string of the molecule is CC(=O)O[Si](CCc1c(F)c(F)c(F)c(F)c1F)(OC(C)=O)OC(C)=O. The third-order valence-electron chi connectivity index (χ3n) is 2.88. The molecular weight excluding hydrogens is 387 g/mol. The van der Waals surface area contributed by atoms with Gasteiger partial charge < -0.3 is 13.3 Å². The Bertz CT molecular complexity index is 684. The minimum Gasteiger partial charge on any atom is -0.455 e. The highest BCUT2D eigenvalue weighted by molar-refractivity contribution is 6.65. The van der Waals surface area contributed by atoms with Crippen LogP contribution in [0.3, 0.4) is 0 Å². The summed E-state index contributed by atoms with van der Waals surface area (Å²) in [7, 11) is -4.48. The molecule has 26 heavy (non-hydrogen) atoms. The first-order valence-electron chi connectivity index (χ1n) is 6.99. The number of benzene rings is 1. The standard InChI is InChI=1S/C14H13F5O6Si/c1-6(20)23-26(24-7(2)21,25-8(3)22)5-4-9-10(15)12(17)14(19)13(18)11(9)16/h4-5H2,1-3H3. The fourth-order valence-corrected chi connectivity index (χ4v) is 4.32. The normalized spacial score (nSPS) is 11.1. The molecule has 6 nitrogen and oxygen atoms in total. The Balaban J connectivity index is 3.30. The summed E-state index contributed by atoms with van der Waals surface area (Å²) in [5.74, 6) is -14.0. The van der Waals surface area contributed by atoms with Crippen LogP contribution in [0.4, 0.5) is 22.0 Å². The van der Waals surface area contributed by atoms with E-state index in [1.54, 1.807) is 0 Å². The van der Waals surface area contributed by atoms with Crippen LogP contribution in [0.1, 0.15) is 26.3 Å². The molecule has 0 unspecified atom stereocenters. The molecule has 0 fully saturated rings. The molecule has 0 aliphatic rings. The second-order valence-corrected chi connectivity index (χ2v) is 7.49. The van der Waals surface area contributed by atoms with Crippen molar-refractivity contribution in [3.63, 3.8) is 0 Å². The van der Waals surface area contributed by atoms with Crippen molar-refractivity contribution in [2.75, 3.05) is 0 Å². The molecular formula is C14H13F5O6Si. The molecule has 0 N–H and O–H groups in total. The summed E-state index contributed by atoms with van der Waals surface area (Å²) in [4.78, 5) is 33.7. The van der Waals surface area contributed by atoms with Crippen LogP contribution in [-0.4, -0.2) is 26.7 Å². The molecule has 1 rings (SSSR count). The minimum absolute atomic E-state index is 0.788. The number of carbonyl (C=O) groups excluding carboxylic acids is 3. The predicted octanol–water partition coefficient (Wildman–Crippen LogP) is 2.55. The first-order chi connectivity index (χ1) is 11.9. The van der Waals surface area contributed by atoms with Crippen LogP contribution in [0.2, 0.25) is 6.04 Å². The summed E-state index contributed by atoms with van der Waals surface area (Å²) >= 11 is 0. The number of hydrogen-bond donors (Lipinski definition) is 0. The zero-order valence-corrected chi connectivity index (χ0v) is 14.8. The first-order valence-corrected chi connectivity index (χ1v) is 8.92. The fourth-order valence-electron chi connectivity index (χ4n) is 2.02. The molecule has 1 aromatic carbocycles. The smallest absolute Gasteiger partial charge is 0.455 e. The van der Waals surface area contributed by atoms with Crippen LogP contribution in [0.5, 0.6) is 0 Å². The van der Waals surface area contributed by atoms with Crippen molar-refractivity contribution in [1.29, 1.82) is 0 Å². The largest absolute Gasteiger partial charge is 0.705 e. The lowest BCUT2D eigenvalue weighted by Crippen LogP contribution is -2.49. The van der Waals surface area contributed by atoms with Crippen molar-refractivity contribution in [2.45, 2.75) is 33.2 Å². The summed E-state index contributed by atoms with van der Waals surface area (Å²) in [5.41, 5.74) is -1.23. The number of rotatable bonds is 6. The molecule has 0 amide bonds. The third-order valence-corrected chi connectivity index (χ3v) is 5.54. The van der Waals surface area contributed by atoms with Crippen LogP contribution in [0.25, 0.3) is 0 Å². The zero-order chi connectivity index (χ0) is 20.2. The van der Waals surface area contributed by atoms with E-state index in [0.717, 1.165) is 20.8 Å². The number of hydrogen-bond acceptors (Lipinski definition) is 6. The van der Waals surface area contributed by atoms with E-state index in [0.29, 0.717) is 0 Å². The van der Waals surface area contributed by atoms with Gasteiger partial charge in [-0.3, -0.25) is 14.4 Å². The predicted molar refractivity (Wildman–Crippen MR) is 75.8 cm³/mol. The Hall–Kier alpha value is -2.50. The average Bonchev–Trinajstić information content (AvgIpc) is 2.48. The molecule has 0 aliphatic carbocycles. The van der Waals surface area contributed by atoms with E-state index in [4.69, 9.17) is 13.3 Å². The molecule has 0 saturated carbocycles. The lowest BCUT2D eigenvalue weighted by atomic mass is 10.1. The van der Waals surface area contributed by atoms with E-state index < -0.39 is 73.8 Å². The van der Waals surface area contributed by atoms with Gasteiger partial charge in [0.15, 0.2) is 23.3 Å². The maximum atomic E-state index is 13.7. The van der Waals surface area contributed by atoms with Crippen LogP contribution in [0, 0.1) is 29.1 Å². The van der Waals surface area contributed by atoms with E-state index >= 15 is 0 Å². The van der Waals surface area contributed by atoms with E-state index in [-0.39, 0.29) is 0 Å². The highest BCUT2D eigenvalue weighted by Crippen LogP contribution is 2.27. The van der Waals surface area contributed by atoms with Crippen molar-refractivity contribution in [2.24, 2.45) is 0 Å². The average molecular weight is 400 g/mol. The molecule has 0 saturated heterocycles. The molecule has 0 atom stereocenters. The molecule has 0 aliphatic heterocycles. The van der Waals surface area contributed by atoms with Crippen LogP contribution in [-0.2, 0) is 34.1 Å². The summed E-state index contributed by atoms with van der Waals surface area (Å²) < 4.78 is 81.3. The van der Waals surface area contributed by atoms with Crippen LogP contribution in [0.15, 0.2) is 0 Å². The van der Waals surface area contributed by atoms with Crippen molar-refractivity contribution in [3.8, 4) is 0 Å². The molecule has 0 radical (unpaired) electrons. The van der Waals surface area contributed by atoms with Gasteiger partial charge in [0.2, 0.25) is 5.82 Å². The Kier molecular flexibility index (Phi) is 6.84. The van der Waals surface area contributed by atoms with Gasteiger partial charge in [-0.2, -0.15) is 0 Å². The Labute approximate surface area is 145 Å². The second kappa shape index (κ2) is 8.25. The van der Waals surface area contributed by atoms with Gasteiger partial charge in [0, 0.05) is 26.3 Å². The van der Waals surface area contributed by atoms with Gasteiger partial charge in [-0.15, -0.1) is 0 Å². The maximum Gasteiger partial charge on any atom is 0.705 e. The summed E-state index contributed by atoms with van der Waals surface area (Å²) in [5, 5.41) is 0. The minimum atomic E-state index is -4.48. The van der Waals surface area contributed by atoms with Gasteiger partial charge in [-0.25, -0.2) is 22.0 Å². The van der Waals surface area contributed by atoms with Crippen molar-refractivity contribution >= 4 is 26.7 Å². The van der Waals surface area contributed by atoms with E-state index in [9.17, 15) is 36.3 Å². The maximum absolute atomic E-state index is 13.7. The van der Waals surface area contributed by atoms with Gasteiger partial charge >= 0.3 is 8.80 Å². The molecule has 1 aromatic rings. The van der Waals surface area contributed by atoms with Gasteiger partial charge in [0.1, 0.15) is 0 Å². The highest BCUT2D eigenvalue weighted by Gasteiger charge is 2.51. The zero-order valence-electron chi connectivity index (χ0n) is 13.8. The van der Waals surface area contributed by atoms with E-state index in [1.165, 1.54) is 0 Å². The van der Waals surface area contributed by atoms with E-state index in [2.05, 4.69) is 0 Å². The van der Waals surface area contributed by atoms with Crippen LogP contribution < -0.4 is 0 Å². The monoisotopic (exact) mass is 400 g/mol. The Morgan fingerprint density at radius 2 is 1.00 bits per heavy atom. The van der Waals surface area contributed by atoms with Gasteiger partial charge in [0.05, 0.1) is 6.04 Å². The van der Waals surface area contributed by atoms with E-state index in [1.807, 2.05) is 0 Å². The Morgan fingerprint density at radius 1 is 0.692 bits per heavy atom. The molecule has 144 valence electrons. The molecule has 0 bridgehead atoms. The van der Waals surface area contributed by atoms with Gasteiger partial charge in [-0.1, -0.05) is 0 Å². The van der Waals surface area contributed by atoms with Gasteiger partial charge in [0.25, 0.3) is 17.9 Å². The molecule has 0 aromatic heterocycles. The van der Waals surface area contributed by atoms with Crippen LogP contribution >= 0.6 is 0 Å². The molecule has 0 spiro atoms. The summed E-state index contributed by atoms with van der Waals surface area (Å²) in [6.07, 6.45) is -0.925. The lowest BCUT2D eigenvalue weighted by Gasteiger charge is -2.26. The third kappa shape index (κ3) is 5.00. The second-order valence-electron chi connectivity index (χ2n) is 5.01. The summed E-state index contributed by atoms with van der Waals surface area (Å²) in [6.45, 7) is 2.65. The van der Waals surface area contributed by atoms with Crippen molar-refractivity contribution in [1.82, 2.24) is 0 Å². The highest BCUT2D eigenvalue weighted by atomic mass is 28.4. The number of halogens is 5. The first kappa shape index (κ1) is 21.5. The van der Waals surface area contributed by atoms with Crippen molar-refractivity contribution < 1.29 is 49.6 Å². The lowest BCUT2D eigenvalue weighted by molar-refractivity contribution is -0.147. The van der Waals surface area contributed by atoms with Crippen molar-refractivity contribution in [3.05, 3.63) is 34.6 Å². The molecule has 12 heteroatoms. The quantitative estimate of drug-likeness (QED) is 0.316. The topological polar surface area (TPSA) is 78.9 Å². The summed E-state index contributed by atoms with van der Waals surface area (Å²) in [6, 6.07) is -0.788. The van der Waals surface area contributed by atoms with Gasteiger partial charge in [-0.05, 0) is 6.42 Å².